The van der Waals surface area contributed by atoms with E-state index in [0.29, 0.717) is 0 Å². The summed E-state index contributed by atoms with van der Waals surface area (Å²) in [4.78, 5) is 14.0. The number of carboxylic acid groups (broad SMARTS) is 1. The highest BCUT2D eigenvalue weighted by Gasteiger charge is 2.16. The quantitative estimate of drug-likeness (QED) is 0.807. The van der Waals surface area contributed by atoms with Gasteiger partial charge in [-0.15, -0.1) is 11.3 Å². The van der Waals surface area contributed by atoms with Crippen molar-refractivity contribution in [1.29, 1.82) is 0 Å². The van der Waals surface area contributed by atoms with Crippen LogP contribution in [0.15, 0.2) is 11.4 Å². The molecule has 1 aliphatic rings. The number of rotatable bonds is 2. The smallest absolute Gasteiger partial charge is 0.317 e. The minimum absolute atomic E-state index is 0.162. The van der Waals surface area contributed by atoms with Crippen molar-refractivity contribution >= 4 is 17.3 Å². The molecule has 2 heterocycles. The number of aliphatic carboxylic acids is 1. The van der Waals surface area contributed by atoms with Crippen LogP contribution in [-0.2, 0) is 17.8 Å². The summed E-state index contributed by atoms with van der Waals surface area (Å²) in [5.74, 6) is -0.733. The second-order valence-electron chi connectivity index (χ2n) is 3.58. The zero-order chi connectivity index (χ0) is 9.97. The zero-order valence-electron chi connectivity index (χ0n) is 7.90. The van der Waals surface area contributed by atoms with E-state index >= 15 is 0 Å². The van der Waals surface area contributed by atoms with Crippen molar-refractivity contribution < 1.29 is 9.90 Å². The van der Waals surface area contributed by atoms with Crippen LogP contribution in [0.1, 0.15) is 16.9 Å². The van der Waals surface area contributed by atoms with Gasteiger partial charge in [-0.05, 0) is 36.4 Å². The molecule has 14 heavy (non-hydrogen) atoms. The van der Waals surface area contributed by atoms with Crippen molar-refractivity contribution in [3.63, 3.8) is 0 Å². The average Bonchev–Trinajstić information content (AvgIpc) is 2.44. The highest BCUT2D eigenvalue weighted by atomic mass is 32.1. The molecule has 1 N–H and O–H groups in total. The lowest BCUT2D eigenvalue weighted by molar-refractivity contribution is -0.138. The van der Waals surface area contributed by atoms with Crippen molar-refractivity contribution in [1.82, 2.24) is 4.90 Å². The number of carboxylic acids is 1. The molecule has 0 radical (unpaired) electrons. The van der Waals surface area contributed by atoms with Gasteiger partial charge in [0.15, 0.2) is 0 Å². The Morgan fingerprint density at radius 2 is 2.50 bits per heavy atom. The molecule has 0 spiro atoms. The predicted molar refractivity (Wildman–Crippen MR) is 55.6 cm³/mol. The van der Waals surface area contributed by atoms with Crippen molar-refractivity contribution in [2.24, 2.45) is 0 Å². The van der Waals surface area contributed by atoms with Gasteiger partial charge in [0.1, 0.15) is 0 Å². The van der Waals surface area contributed by atoms with Gasteiger partial charge in [-0.2, -0.15) is 0 Å². The fraction of sp³-hybridized carbons (Fsp3) is 0.500. The largest absolute Gasteiger partial charge is 0.480 e. The van der Waals surface area contributed by atoms with E-state index in [9.17, 15) is 4.79 Å². The number of hydrogen-bond acceptors (Lipinski definition) is 3. The summed E-state index contributed by atoms with van der Waals surface area (Å²) in [6.45, 7) is 1.86. The van der Waals surface area contributed by atoms with Crippen molar-refractivity contribution in [3.8, 4) is 0 Å². The second kappa shape index (κ2) is 4.11. The summed E-state index contributed by atoms with van der Waals surface area (Å²) in [7, 11) is 0. The highest BCUT2D eigenvalue weighted by molar-refractivity contribution is 7.10. The third-order valence-corrected chi connectivity index (χ3v) is 3.49. The van der Waals surface area contributed by atoms with Crippen molar-refractivity contribution in [2.75, 3.05) is 13.1 Å². The van der Waals surface area contributed by atoms with Crippen LogP contribution in [0.3, 0.4) is 0 Å². The Morgan fingerprint density at radius 1 is 1.64 bits per heavy atom. The normalized spacial score (nSPS) is 17.4. The molecule has 1 aromatic rings. The molecular weight excluding hydrogens is 198 g/mol. The Balaban J connectivity index is 2.08. The van der Waals surface area contributed by atoms with Crippen LogP contribution >= 0.6 is 11.3 Å². The molecule has 1 aromatic heterocycles. The van der Waals surface area contributed by atoms with Crippen LogP contribution in [0.4, 0.5) is 0 Å². The van der Waals surface area contributed by atoms with Gasteiger partial charge in [-0.1, -0.05) is 0 Å². The minimum Gasteiger partial charge on any atom is -0.480 e. The number of aryl methyl sites for hydroxylation is 1. The number of fused-ring (bicyclic) bond motifs is 1. The van der Waals surface area contributed by atoms with Crippen LogP contribution < -0.4 is 0 Å². The molecule has 4 heteroatoms. The van der Waals surface area contributed by atoms with Gasteiger partial charge in [0.05, 0.1) is 6.54 Å². The summed E-state index contributed by atoms with van der Waals surface area (Å²) < 4.78 is 0. The van der Waals surface area contributed by atoms with Gasteiger partial charge < -0.3 is 5.11 Å². The van der Waals surface area contributed by atoms with Gasteiger partial charge in [0.25, 0.3) is 0 Å². The lowest BCUT2D eigenvalue weighted by atomic mass is 10.2. The Kier molecular flexibility index (Phi) is 2.84. The second-order valence-corrected chi connectivity index (χ2v) is 4.58. The molecule has 0 amide bonds. The Hall–Kier alpha value is -0.870. The molecule has 0 atom stereocenters. The van der Waals surface area contributed by atoms with E-state index < -0.39 is 5.97 Å². The van der Waals surface area contributed by atoms with Gasteiger partial charge in [0.2, 0.25) is 0 Å². The third kappa shape index (κ3) is 2.13. The SMILES string of the molecule is O=C(O)CN1CCCc2sccc2C1. The summed E-state index contributed by atoms with van der Waals surface area (Å²) in [6, 6.07) is 2.11. The Morgan fingerprint density at radius 3 is 3.29 bits per heavy atom. The van der Waals surface area contributed by atoms with Gasteiger partial charge in [-0.3, -0.25) is 9.69 Å². The molecule has 0 unspecified atom stereocenters. The van der Waals surface area contributed by atoms with E-state index in [0.717, 1.165) is 25.9 Å². The summed E-state index contributed by atoms with van der Waals surface area (Å²) in [5, 5.41) is 10.8. The van der Waals surface area contributed by atoms with Crippen LogP contribution in [0, 0.1) is 0 Å². The molecule has 0 fully saturated rings. The molecular formula is C10H13NO2S. The van der Waals surface area contributed by atoms with E-state index in [1.54, 1.807) is 11.3 Å². The highest BCUT2D eigenvalue weighted by Crippen LogP contribution is 2.23. The van der Waals surface area contributed by atoms with E-state index in [4.69, 9.17) is 5.11 Å². The molecule has 1 aliphatic heterocycles. The first-order chi connectivity index (χ1) is 6.75. The van der Waals surface area contributed by atoms with Crippen LogP contribution in [0.2, 0.25) is 0 Å². The number of nitrogens with zero attached hydrogens (tertiary/aromatic N) is 1. The van der Waals surface area contributed by atoms with E-state index in [-0.39, 0.29) is 6.54 Å². The standard InChI is InChI=1S/C10H13NO2S/c12-10(13)7-11-4-1-2-9-8(6-11)3-5-14-9/h3,5H,1-2,4,6-7H2,(H,12,13). The van der Waals surface area contributed by atoms with Crippen molar-refractivity contribution in [2.45, 2.75) is 19.4 Å². The van der Waals surface area contributed by atoms with Gasteiger partial charge in [-0.25, -0.2) is 0 Å². The number of hydrogen-bond donors (Lipinski definition) is 1. The zero-order valence-corrected chi connectivity index (χ0v) is 8.72. The maximum absolute atomic E-state index is 10.6. The van der Waals surface area contributed by atoms with Crippen LogP contribution in [0.5, 0.6) is 0 Å². The molecule has 2 rings (SSSR count). The Labute approximate surface area is 87.0 Å². The molecule has 0 aromatic carbocycles. The lowest BCUT2D eigenvalue weighted by Gasteiger charge is -2.16. The fourth-order valence-corrected chi connectivity index (χ4v) is 2.78. The van der Waals surface area contributed by atoms with Gasteiger partial charge in [0, 0.05) is 11.4 Å². The number of carbonyl (C=O) groups is 1. The topological polar surface area (TPSA) is 40.5 Å². The molecule has 76 valence electrons. The molecule has 0 bridgehead atoms. The van der Waals surface area contributed by atoms with Crippen LogP contribution in [0.25, 0.3) is 0 Å². The lowest BCUT2D eigenvalue weighted by Crippen LogP contribution is -2.29. The Bertz CT molecular complexity index is 335. The monoisotopic (exact) mass is 211 g/mol. The summed E-state index contributed by atoms with van der Waals surface area (Å²) in [6.07, 6.45) is 2.17. The molecule has 3 nitrogen and oxygen atoms in total. The maximum Gasteiger partial charge on any atom is 0.317 e. The number of thiophene rings is 1. The predicted octanol–water partition coefficient (Wildman–Crippen LogP) is 1.58. The molecule has 0 saturated heterocycles. The summed E-state index contributed by atoms with van der Waals surface area (Å²) >= 11 is 1.79. The van der Waals surface area contributed by atoms with Gasteiger partial charge >= 0.3 is 5.97 Å². The molecule has 0 aliphatic carbocycles. The summed E-state index contributed by atoms with van der Waals surface area (Å²) in [5.41, 5.74) is 1.31. The van der Waals surface area contributed by atoms with E-state index in [1.165, 1.54) is 10.4 Å². The first-order valence-electron chi connectivity index (χ1n) is 4.75. The fourth-order valence-electron chi connectivity index (χ4n) is 1.84. The average molecular weight is 211 g/mol. The van der Waals surface area contributed by atoms with Crippen molar-refractivity contribution in [3.05, 3.63) is 21.9 Å². The molecule has 0 saturated carbocycles. The maximum atomic E-state index is 10.6. The first kappa shape index (κ1) is 9.68. The third-order valence-electron chi connectivity index (χ3n) is 2.47. The minimum atomic E-state index is -0.733. The van der Waals surface area contributed by atoms with Crippen LogP contribution in [-0.4, -0.2) is 29.1 Å². The first-order valence-corrected chi connectivity index (χ1v) is 5.63. The van der Waals surface area contributed by atoms with E-state index in [1.807, 2.05) is 4.90 Å². The van der Waals surface area contributed by atoms with E-state index in [2.05, 4.69) is 11.4 Å².